The first-order chi connectivity index (χ1) is 12.7. The minimum Gasteiger partial charge on any atom is -0.348 e. The molecule has 9 heteroatoms. The Balaban J connectivity index is 1.72. The average molecular weight is 376 g/mol. The molecule has 27 heavy (non-hydrogen) atoms. The summed E-state index contributed by atoms with van der Waals surface area (Å²) in [6.07, 6.45) is 5.07. The van der Waals surface area contributed by atoms with Crippen LogP contribution in [0.1, 0.15) is 43.5 Å². The van der Waals surface area contributed by atoms with Gasteiger partial charge >= 0.3 is 0 Å². The second-order valence-electron chi connectivity index (χ2n) is 6.56. The van der Waals surface area contributed by atoms with Crippen molar-refractivity contribution in [1.29, 1.82) is 0 Å². The number of nitrogens with one attached hydrogen (secondary N) is 1. The smallest absolute Gasteiger partial charge is 0.273 e. The summed E-state index contributed by atoms with van der Waals surface area (Å²) in [4.78, 5) is 8.45. The van der Waals surface area contributed by atoms with Gasteiger partial charge < -0.3 is 5.32 Å². The predicted octanol–water partition coefficient (Wildman–Crippen LogP) is 4.04. The molecule has 142 valence electrons. The van der Waals surface area contributed by atoms with Gasteiger partial charge in [0.15, 0.2) is 0 Å². The van der Waals surface area contributed by atoms with Crippen LogP contribution in [-0.2, 0) is 12.5 Å². The first-order valence-electron chi connectivity index (χ1n) is 8.39. The van der Waals surface area contributed by atoms with Crippen LogP contribution in [0.4, 0.5) is 19.1 Å². The zero-order chi connectivity index (χ0) is 19.6. The predicted molar refractivity (Wildman–Crippen MR) is 94.3 cm³/mol. The number of nitrogens with zero attached hydrogens (tertiary/aromatic N) is 5. The minimum atomic E-state index is -3.29. The molecule has 0 spiro atoms. The number of hydrogen-bond donors (Lipinski definition) is 1. The Kier molecular flexibility index (Phi) is 5.11. The molecule has 0 unspecified atom stereocenters. The standard InChI is InChI=1S/C18H19F3N6/c1-11(2)12-7-22-17(23-8-12)24-9-13-10-27(26-25-13)14-4-5-16(19)15(6-14)18(3,20)21/h4-8,10-11H,9H2,1-3H3,(H,22,23,24). The number of alkyl halides is 2. The highest BCUT2D eigenvalue weighted by molar-refractivity contribution is 5.38. The topological polar surface area (TPSA) is 68.5 Å². The van der Waals surface area contributed by atoms with Crippen LogP contribution in [0.3, 0.4) is 0 Å². The van der Waals surface area contributed by atoms with Crippen molar-refractivity contribution >= 4 is 5.95 Å². The highest BCUT2D eigenvalue weighted by Crippen LogP contribution is 2.30. The minimum absolute atomic E-state index is 0.296. The lowest BCUT2D eigenvalue weighted by molar-refractivity contribution is 0.0137. The monoisotopic (exact) mass is 376 g/mol. The normalized spacial score (nSPS) is 11.8. The Morgan fingerprint density at radius 1 is 1.19 bits per heavy atom. The molecule has 0 fully saturated rings. The van der Waals surface area contributed by atoms with E-state index in [4.69, 9.17) is 0 Å². The molecule has 0 bridgehead atoms. The van der Waals surface area contributed by atoms with Gasteiger partial charge in [0.1, 0.15) is 11.5 Å². The Morgan fingerprint density at radius 3 is 2.52 bits per heavy atom. The van der Waals surface area contributed by atoms with Gasteiger partial charge in [0.05, 0.1) is 24.0 Å². The fourth-order valence-electron chi connectivity index (χ4n) is 2.39. The third-order valence-corrected chi connectivity index (χ3v) is 3.99. The Hall–Kier alpha value is -2.97. The van der Waals surface area contributed by atoms with Gasteiger partial charge in [-0.05, 0) is 29.7 Å². The molecule has 3 rings (SSSR count). The maximum atomic E-state index is 13.6. The first-order valence-corrected chi connectivity index (χ1v) is 8.39. The van der Waals surface area contributed by atoms with E-state index in [0.717, 1.165) is 17.7 Å². The number of benzene rings is 1. The van der Waals surface area contributed by atoms with E-state index in [2.05, 4.69) is 39.4 Å². The van der Waals surface area contributed by atoms with Crippen LogP contribution in [0.25, 0.3) is 5.69 Å². The van der Waals surface area contributed by atoms with E-state index in [1.807, 2.05) is 0 Å². The van der Waals surface area contributed by atoms with Crippen LogP contribution in [0.2, 0.25) is 0 Å². The van der Waals surface area contributed by atoms with Crippen LogP contribution in [0.15, 0.2) is 36.8 Å². The van der Waals surface area contributed by atoms with Gasteiger partial charge in [0.25, 0.3) is 5.92 Å². The second kappa shape index (κ2) is 7.34. The van der Waals surface area contributed by atoms with Crippen molar-refractivity contribution in [1.82, 2.24) is 25.0 Å². The maximum absolute atomic E-state index is 13.6. The molecular weight excluding hydrogens is 357 g/mol. The second-order valence-corrected chi connectivity index (χ2v) is 6.56. The van der Waals surface area contributed by atoms with Gasteiger partial charge in [-0.25, -0.2) is 27.8 Å². The van der Waals surface area contributed by atoms with Crippen molar-refractivity contribution in [2.75, 3.05) is 5.32 Å². The summed E-state index contributed by atoms with van der Waals surface area (Å²) in [7, 11) is 0. The van der Waals surface area contributed by atoms with Gasteiger partial charge in [-0.3, -0.25) is 0 Å². The average Bonchev–Trinajstić information content (AvgIpc) is 3.08. The van der Waals surface area contributed by atoms with Crippen LogP contribution in [-0.4, -0.2) is 25.0 Å². The van der Waals surface area contributed by atoms with E-state index in [9.17, 15) is 13.2 Å². The number of rotatable bonds is 6. The maximum Gasteiger partial charge on any atom is 0.273 e. The molecule has 0 atom stereocenters. The first kappa shape index (κ1) is 18.8. The van der Waals surface area contributed by atoms with Crippen molar-refractivity contribution in [3.05, 3.63) is 59.4 Å². The van der Waals surface area contributed by atoms with Gasteiger partial charge in [-0.15, -0.1) is 5.10 Å². The molecule has 0 aliphatic rings. The Labute approximate surface area is 154 Å². The molecule has 0 saturated heterocycles. The highest BCUT2D eigenvalue weighted by atomic mass is 19.3. The lowest BCUT2D eigenvalue weighted by Gasteiger charge is -2.12. The summed E-state index contributed by atoms with van der Waals surface area (Å²) in [5.74, 6) is -3.46. The van der Waals surface area contributed by atoms with Crippen LogP contribution < -0.4 is 5.32 Å². The Morgan fingerprint density at radius 2 is 1.89 bits per heavy atom. The number of anilines is 1. The van der Waals surface area contributed by atoms with E-state index in [1.54, 1.807) is 18.6 Å². The van der Waals surface area contributed by atoms with Gasteiger partial charge in [0.2, 0.25) is 5.95 Å². The van der Waals surface area contributed by atoms with Crippen LogP contribution in [0, 0.1) is 5.82 Å². The summed E-state index contributed by atoms with van der Waals surface area (Å²) in [5, 5.41) is 10.9. The third kappa shape index (κ3) is 4.42. The molecule has 6 nitrogen and oxygen atoms in total. The summed E-state index contributed by atoms with van der Waals surface area (Å²) >= 11 is 0. The largest absolute Gasteiger partial charge is 0.348 e. The van der Waals surface area contributed by atoms with Crippen molar-refractivity contribution in [2.45, 2.75) is 39.2 Å². The van der Waals surface area contributed by atoms with E-state index in [1.165, 1.54) is 10.7 Å². The van der Waals surface area contributed by atoms with E-state index in [-0.39, 0.29) is 0 Å². The molecule has 0 aliphatic carbocycles. The van der Waals surface area contributed by atoms with Crippen LogP contribution >= 0.6 is 0 Å². The highest BCUT2D eigenvalue weighted by Gasteiger charge is 2.28. The third-order valence-electron chi connectivity index (χ3n) is 3.99. The van der Waals surface area contributed by atoms with E-state index < -0.39 is 17.3 Å². The molecule has 2 heterocycles. The quantitative estimate of drug-likeness (QED) is 0.703. The zero-order valence-electron chi connectivity index (χ0n) is 15.1. The van der Waals surface area contributed by atoms with Crippen molar-refractivity contribution in [3.63, 3.8) is 0 Å². The number of halogens is 3. The molecule has 0 radical (unpaired) electrons. The zero-order valence-corrected chi connectivity index (χ0v) is 15.1. The molecule has 0 saturated carbocycles. The molecule has 0 aliphatic heterocycles. The van der Waals surface area contributed by atoms with Crippen molar-refractivity contribution in [3.8, 4) is 5.69 Å². The number of hydrogen-bond acceptors (Lipinski definition) is 5. The summed E-state index contributed by atoms with van der Waals surface area (Å²) in [6.45, 7) is 5.06. The fraction of sp³-hybridized carbons (Fsp3) is 0.333. The molecule has 1 aromatic carbocycles. The molecule has 0 amide bonds. The van der Waals surface area contributed by atoms with Gasteiger partial charge in [-0.1, -0.05) is 19.1 Å². The SMILES string of the molecule is CC(C)c1cnc(NCc2cn(-c3ccc(F)c(C(C)(F)F)c3)nn2)nc1. The molecule has 1 N–H and O–H groups in total. The molecular formula is C18H19F3N6. The van der Waals surface area contributed by atoms with E-state index >= 15 is 0 Å². The molecule has 2 aromatic heterocycles. The van der Waals surface area contributed by atoms with Gasteiger partial charge in [0, 0.05) is 19.3 Å². The fourth-order valence-corrected chi connectivity index (χ4v) is 2.39. The van der Waals surface area contributed by atoms with E-state index in [0.29, 0.717) is 36.7 Å². The lowest BCUT2D eigenvalue weighted by Crippen LogP contribution is -2.11. The van der Waals surface area contributed by atoms with Gasteiger partial charge in [-0.2, -0.15) is 0 Å². The summed E-state index contributed by atoms with van der Waals surface area (Å²) in [5.41, 5.74) is 1.20. The lowest BCUT2D eigenvalue weighted by atomic mass is 10.1. The number of aromatic nitrogens is 5. The summed E-state index contributed by atoms with van der Waals surface area (Å²) < 4.78 is 41.9. The summed E-state index contributed by atoms with van der Waals surface area (Å²) in [6, 6.07) is 3.42. The molecule has 3 aromatic rings. The van der Waals surface area contributed by atoms with Crippen molar-refractivity contribution in [2.24, 2.45) is 0 Å². The van der Waals surface area contributed by atoms with Crippen molar-refractivity contribution < 1.29 is 13.2 Å². The van der Waals surface area contributed by atoms with Crippen LogP contribution in [0.5, 0.6) is 0 Å². The Bertz CT molecular complexity index is 916.